The molecular formula is C14H14ClF3N4O3S. The van der Waals surface area contributed by atoms with Crippen LogP contribution in [0.5, 0.6) is 0 Å². The van der Waals surface area contributed by atoms with Crippen LogP contribution in [0.1, 0.15) is 18.5 Å². The molecule has 12 heteroatoms. The second-order valence-electron chi connectivity index (χ2n) is 5.68. The van der Waals surface area contributed by atoms with Crippen LogP contribution in [0.2, 0.25) is 5.15 Å². The minimum Gasteiger partial charge on any atom is -0.380 e. The third kappa shape index (κ3) is 3.55. The lowest BCUT2D eigenvalue weighted by Gasteiger charge is -2.23. The van der Waals surface area contributed by atoms with Gasteiger partial charge in [0.2, 0.25) is 15.0 Å². The zero-order valence-electron chi connectivity index (χ0n) is 13.5. The third-order valence-electron chi connectivity index (χ3n) is 3.79. The maximum absolute atomic E-state index is 14.5. The highest BCUT2D eigenvalue weighted by Gasteiger charge is 2.28. The lowest BCUT2D eigenvalue weighted by Crippen LogP contribution is -2.28. The number of fused-ring (bicyclic) bond motifs is 1. The summed E-state index contributed by atoms with van der Waals surface area (Å²) in [5.41, 5.74) is -1.40. The normalized spacial score (nSPS) is 16.3. The van der Waals surface area contributed by atoms with Crippen LogP contribution < -0.4 is 4.90 Å². The number of ether oxygens (including phenoxy) is 1. The van der Waals surface area contributed by atoms with Crippen LogP contribution in [0.25, 0.3) is 10.9 Å². The van der Waals surface area contributed by atoms with Crippen LogP contribution in [0.4, 0.5) is 19.0 Å². The zero-order valence-corrected chi connectivity index (χ0v) is 15.1. The van der Waals surface area contributed by atoms with Gasteiger partial charge >= 0.3 is 0 Å². The molecule has 7 nitrogen and oxygen atoms in total. The molecule has 1 aliphatic rings. The van der Waals surface area contributed by atoms with Crippen LogP contribution in [0.15, 0.2) is 5.16 Å². The molecule has 2 aromatic heterocycles. The lowest BCUT2D eigenvalue weighted by molar-refractivity contribution is 0.148. The predicted octanol–water partition coefficient (Wildman–Crippen LogP) is 2.39. The van der Waals surface area contributed by atoms with Crippen LogP contribution in [-0.4, -0.2) is 55.9 Å². The summed E-state index contributed by atoms with van der Waals surface area (Å²) in [6.07, 6.45) is -1.67. The molecule has 3 rings (SSSR count). The molecule has 0 N–H and O–H groups in total. The number of anilines is 1. The Kier molecular flexibility index (Phi) is 5.22. The van der Waals surface area contributed by atoms with Gasteiger partial charge in [0, 0.05) is 26.0 Å². The number of rotatable bonds is 3. The van der Waals surface area contributed by atoms with Gasteiger partial charge in [0.25, 0.3) is 6.43 Å². The van der Waals surface area contributed by atoms with Gasteiger partial charge in [-0.25, -0.2) is 36.5 Å². The summed E-state index contributed by atoms with van der Waals surface area (Å²) in [7, 11) is -3.93. The number of hydrogen-bond acceptors (Lipinski definition) is 7. The molecule has 142 valence electrons. The van der Waals surface area contributed by atoms with Gasteiger partial charge in [-0.05, 0) is 6.42 Å². The highest BCUT2D eigenvalue weighted by molar-refractivity contribution is 7.90. The Balaban J connectivity index is 2.40. The Hall–Kier alpha value is -1.72. The molecule has 0 amide bonds. The van der Waals surface area contributed by atoms with Crippen molar-refractivity contribution in [3.8, 4) is 0 Å². The molecule has 0 spiro atoms. The first-order valence-electron chi connectivity index (χ1n) is 7.57. The molecule has 1 saturated heterocycles. The summed E-state index contributed by atoms with van der Waals surface area (Å²) >= 11 is 5.60. The fourth-order valence-electron chi connectivity index (χ4n) is 2.64. The number of sulfone groups is 1. The Morgan fingerprint density at radius 3 is 2.58 bits per heavy atom. The van der Waals surface area contributed by atoms with Crippen molar-refractivity contribution in [2.75, 3.05) is 37.5 Å². The predicted molar refractivity (Wildman–Crippen MR) is 88.0 cm³/mol. The van der Waals surface area contributed by atoms with Crippen molar-refractivity contribution in [2.24, 2.45) is 0 Å². The van der Waals surface area contributed by atoms with Crippen molar-refractivity contribution in [1.29, 1.82) is 0 Å². The summed E-state index contributed by atoms with van der Waals surface area (Å²) < 4.78 is 70.6. The molecule has 1 aliphatic heterocycles. The number of hydrogen-bond donors (Lipinski definition) is 0. The van der Waals surface area contributed by atoms with E-state index in [1.165, 1.54) is 0 Å². The van der Waals surface area contributed by atoms with E-state index in [4.69, 9.17) is 16.3 Å². The van der Waals surface area contributed by atoms with Crippen LogP contribution >= 0.6 is 11.6 Å². The van der Waals surface area contributed by atoms with Crippen molar-refractivity contribution in [3.05, 3.63) is 16.7 Å². The van der Waals surface area contributed by atoms with Crippen molar-refractivity contribution < 1.29 is 26.3 Å². The molecule has 2 aromatic rings. The van der Waals surface area contributed by atoms with Gasteiger partial charge < -0.3 is 9.64 Å². The molecule has 0 aliphatic carbocycles. The Bertz CT molecular complexity index is 950. The Labute approximate surface area is 152 Å². The molecule has 0 bridgehead atoms. The minimum atomic E-state index is -3.93. The molecule has 3 heterocycles. The van der Waals surface area contributed by atoms with Gasteiger partial charge in [-0.15, -0.1) is 0 Å². The Morgan fingerprint density at radius 1 is 1.19 bits per heavy atom. The van der Waals surface area contributed by atoms with Crippen molar-refractivity contribution in [1.82, 2.24) is 15.0 Å². The second kappa shape index (κ2) is 7.12. The summed E-state index contributed by atoms with van der Waals surface area (Å²) in [6.45, 7) is 1.37. The zero-order chi connectivity index (χ0) is 19.1. The van der Waals surface area contributed by atoms with Gasteiger partial charge in [0.1, 0.15) is 17.0 Å². The standard InChI is InChI=1S/C14H14ClF3N4O3S/c1-26(23,24)14-20-9-7(10(12(17)18)19-11(15)8(9)16)13(21-14)22-3-2-5-25-6-4-22/h12H,2-6H2,1H3. The van der Waals surface area contributed by atoms with E-state index in [9.17, 15) is 21.6 Å². The highest BCUT2D eigenvalue weighted by atomic mass is 35.5. The quantitative estimate of drug-likeness (QED) is 0.567. The summed E-state index contributed by atoms with van der Waals surface area (Å²) in [6, 6.07) is 0. The number of nitrogens with zero attached hydrogens (tertiary/aromatic N) is 4. The third-order valence-corrected chi connectivity index (χ3v) is 4.89. The van der Waals surface area contributed by atoms with E-state index in [0.717, 1.165) is 6.26 Å². The summed E-state index contributed by atoms with van der Waals surface area (Å²) in [5, 5.41) is -1.83. The van der Waals surface area contributed by atoms with Gasteiger partial charge in [-0.3, -0.25) is 0 Å². The van der Waals surface area contributed by atoms with E-state index in [2.05, 4.69) is 15.0 Å². The first kappa shape index (κ1) is 19.1. The van der Waals surface area contributed by atoms with E-state index in [0.29, 0.717) is 19.6 Å². The van der Waals surface area contributed by atoms with E-state index in [1.807, 2.05) is 0 Å². The number of alkyl halides is 2. The van der Waals surface area contributed by atoms with Crippen molar-refractivity contribution in [3.63, 3.8) is 0 Å². The number of halogens is 4. The largest absolute Gasteiger partial charge is 0.380 e. The maximum atomic E-state index is 14.5. The lowest BCUT2D eigenvalue weighted by atomic mass is 10.2. The molecule has 26 heavy (non-hydrogen) atoms. The van der Waals surface area contributed by atoms with Crippen LogP contribution in [-0.2, 0) is 14.6 Å². The smallest absolute Gasteiger partial charge is 0.281 e. The van der Waals surface area contributed by atoms with E-state index in [-0.39, 0.29) is 24.4 Å². The van der Waals surface area contributed by atoms with Crippen LogP contribution in [0.3, 0.4) is 0 Å². The molecule has 0 unspecified atom stereocenters. The number of aromatic nitrogens is 3. The molecular weight excluding hydrogens is 397 g/mol. The average molecular weight is 411 g/mol. The van der Waals surface area contributed by atoms with E-state index < -0.39 is 43.6 Å². The first-order valence-corrected chi connectivity index (χ1v) is 9.84. The van der Waals surface area contributed by atoms with Crippen molar-refractivity contribution in [2.45, 2.75) is 18.0 Å². The fraction of sp³-hybridized carbons (Fsp3) is 0.500. The topological polar surface area (TPSA) is 85.3 Å². The fourth-order valence-corrected chi connectivity index (χ4v) is 3.33. The van der Waals surface area contributed by atoms with E-state index in [1.54, 1.807) is 4.90 Å². The summed E-state index contributed by atoms with van der Waals surface area (Å²) in [5.74, 6) is -1.30. The van der Waals surface area contributed by atoms with Gasteiger partial charge in [-0.2, -0.15) is 0 Å². The number of pyridine rings is 1. The molecule has 0 saturated carbocycles. The molecule has 0 radical (unpaired) electrons. The Morgan fingerprint density at radius 2 is 1.92 bits per heavy atom. The average Bonchev–Trinajstić information content (AvgIpc) is 2.85. The van der Waals surface area contributed by atoms with Gasteiger partial charge in [0.15, 0.2) is 11.0 Å². The van der Waals surface area contributed by atoms with E-state index >= 15 is 0 Å². The highest BCUT2D eigenvalue weighted by Crippen LogP contribution is 2.36. The molecule has 0 atom stereocenters. The SMILES string of the molecule is CS(=O)(=O)c1nc(N2CCCOCC2)c2c(C(F)F)nc(Cl)c(F)c2n1. The monoisotopic (exact) mass is 410 g/mol. The second-order valence-corrected chi connectivity index (χ2v) is 7.95. The van der Waals surface area contributed by atoms with Gasteiger partial charge in [-0.1, -0.05) is 11.6 Å². The van der Waals surface area contributed by atoms with Crippen molar-refractivity contribution >= 4 is 38.2 Å². The minimum absolute atomic E-state index is 0.126. The summed E-state index contributed by atoms with van der Waals surface area (Å²) in [4.78, 5) is 12.6. The molecule has 1 fully saturated rings. The van der Waals surface area contributed by atoms with Crippen LogP contribution in [0, 0.1) is 5.82 Å². The molecule has 0 aromatic carbocycles. The first-order chi connectivity index (χ1) is 12.2. The van der Waals surface area contributed by atoms with Gasteiger partial charge in [0.05, 0.1) is 12.0 Å². The maximum Gasteiger partial charge on any atom is 0.281 e.